The Morgan fingerprint density at radius 2 is 1.88 bits per heavy atom. The van der Waals surface area contributed by atoms with Crippen LogP contribution in [0.15, 0.2) is 22.7 Å². The molecule has 0 fully saturated rings. The van der Waals surface area contributed by atoms with Crippen LogP contribution in [0.1, 0.15) is 11.4 Å². The number of nitrogens with zero attached hydrogens (tertiary/aromatic N) is 2. The van der Waals surface area contributed by atoms with Crippen molar-refractivity contribution in [2.24, 2.45) is 0 Å². The lowest BCUT2D eigenvalue weighted by molar-refractivity contribution is 0.834. The lowest BCUT2D eigenvalue weighted by atomic mass is 10.2. The van der Waals surface area contributed by atoms with Crippen LogP contribution in [0.5, 0.6) is 0 Å². The summed E-state index contributed by atoms with van der Waals surface area (Å²) >= 11 is 3.49. The molecule has 0 saturated heterocycles. The summed E-state index contributed by atoms with van der Waals surface area (Å²) in [6, 6.07) is 5.51. The van der Waals surface area contributed by atoms with Crippen LogP contribution >= 0.6 is 15.9 Å². The zero-order valence-corrected chi connectivity index (χ0v) is 10.7. The number of rotatable bonds is 1. The molecule has 2 rings (SSSR count). The molecule has 0 amide bonds. The van der Waals surface area contributed by atoms with Gasteiger partial charge in [0.05, 0.1) is 32.9 Å². The van der Waals surface area contributed by atoms with Crippen molar-refractivity contribution in [2.75, 3.05) is 11.5 Å². The Labute approximate surface area is 102 Å². The minimum absolute atomic E-state index is 0.571. The Morgan fingerprint density at radius 3 is 2.38 bits per heavy atom. The van der Waals surface area contributed by atoms with Gasteiger partial charge in [0.25, 0.3) is 0 Å². The molecule has 84 valence electrons. The zero-order chi connectivity index (χ0) is 11.9. The molecule has 0 aliphatic heterocycles. The van der Waals surface area contributed by atoms with E-state index in [0.717, 1.165) is 21.5 Å². The number of benzene rings is 1. The summed E-state index contributed by atoms with van der Waals surface area (Å²) in [6.07, 6.45) is 0. The summed E-state index contributed by atoms with van der Waals surface area (Å²) in [5.41, 5.74) is 15.5. The number of anilines is 2. The van der Waals surface area contributed by atoms with Crippen molar-refractivity contribution in [3.63, 3.8) is 0 Å². The highest BCUT2D eigenvalue weighted by Gasteiger charge is 2.10. The van der Waals surface area contributed by atoms with E-state index in [1.807, 2.05) is 30.7 Å². The third-order valence-corrected chi connectivity index (χ3v) is 3.67. The molecule has 4 N–H and O–H groups in total. The van der Waals surface area contributed by atoms with Crippen molar-refractivity contribution < 1.29 is 0 Å². The van der Waals surface area contributed by atoms with Crippen molar-refractivity contribution in [1.29, 1.82) is 0 Å². The highest BCUT2D eigenvalue weighted by Crippen LogP contribution is 2.25. The van der Waals surface area contributed by atoms with E-state index in [4.69, 9.17) is 11.5 Å². The van der Waals surface area contributed by atoms with Gasteiger partial charge in [-0.2, -0.15) is 5.10 Å². The van der Waals surface area contributed by atoms with Gasteiger partial charge in [0.15, 0.2) is 0 Å². The minimum atomic E-state index is 0.571. The van der Waals surface area contributed by atoms with E-state index >= 15 is 0 Å². The van der Waals surface area contributed by atoms with Gasteiger partial charge in [-0.1, -0.05) is 0 Å². The number of nitrogen functional groups attached to an aromatic ring is 2. The van der Waals surface area contributed by atoms with Gasteiger partial charge >= 0.3 is 0 Å². The number of halogens is 1. The van der Waals surface area contributed by atoms with E-state index in [1.165, 1.54) is 0 Å². The van der Waals surface area contributed by atoms with Gasteiger partial charge in [0.2, 0.25) is 0 Å². The first kappa shape index (κ1) is 11.0. The van der Waals surface area contributed by atoms with Crippen LogP contribution < -0.4 is 11.5 Å². The highest BCUT2D eigenvalue weighted by molar-refractivity contribution is 9.10. The fourth-order valence-electron chi connectivity index (χ4n) is 1.57. The number of aryl methyl sites for hydroxylation is 1. The average molecular weight is 281 g/mol. The Morgan fingerprint density at radius 1 is 1.19 bits per heavy atom. The van der Waals surface area contributed by atoms with Crippen LogP contribution in [0.3, 0.4) is 0 Å². The van der Waals surface area contributed by atoms with Crippen LogP contribution in [0.25, 0.3) is 5.69 Å². The third kappa shape index (κ3) is 1.67. The summed E-state index contributed by atoms with van der Waals surface area (Å²) in [5, 5.41) is 4.42. The van der Waals surface area contributed by atoms with Gasteiger partial charge in [-0.05, 0) is 48.0 Å². The van der Waals surface area contributed by atoms with E-state index < -0.39 is 0 Å². The lowest BCUT2D eigenvalue weighted by Crippen LogP contribution is -2.02. The van der Waals surface area contributed by atoms with E-state index in [-0.39, 0.29) is 0 Å². The largest absolute Gasteiger partial charge is 0.397 e. The highest BCUT2D eigenvalue weighted by atomic mass is 79.9. The topological polar surface area (TPSA) is 69.9 Å². The molecule has 0 aliphatic rings. The Bertz CT molecular complexity index is 545. The number of hydrogen-bond donors (Lipinski definition) is 2. The molecule has 0 aliphatic carbocycles. The number of nitrogens with two attached hydrogens (primary N) is 2. The molecule has 4 nitrogen and oxygen atoms in total. The van der Waals surface area contributed by atoms with Gasteiger partial charge in [-0.3, -0.25) is 0 Å². The van der Waals surface area contributed by atoms with Gasteiger partial charge in [0, 0.05) is 0 Å². The Balaban J connectivity index is 2.59. The third-order valence-electron chi connectivity index (χ3n) is 2.52. The molecular weight excluding hydrogens is 268 g/mol. The molecule has 16 heavy (non-hydrogen) atoms. The maximum Gasteiger partial charge on any atom is 0.0743 e. The average Bonchev–Trinajstić information content (AvgIpc) is 2.50. The van der Waals surface area contributed by atoms with Crippen LogP contribution in [0, 0.1) is 13.8 Å². The first-order chi connectivity index (χ1) is 7.50. The fourth-order valence-corrected chi connectivity index (χ4v) is 1.82. The first-order valence-electron chi connectivity index (χ1n) is 4.88. The monoisotopic (exact) mass is 280 g/mol. The SMILES string of the molecule is Cc1nn(-c2ccc(N)c(N)c2)c(C)c1Br. The second-order valence-corrected chi connectivity index (χ2v) is 4.50. The van der Waals surface area contributed by atoms with Crippen molar-refractivity contribution >= 4 is 27.3 Å². The lowest BCUT2D eigenvalue weighted by Gasteiger charge is -2.06. The Kier molecular flexibility index (Phi) is 2.63. The van der Waals surface area contributed by atoms with Crippen molar-refractivity contribution in [1.82, 2.24) is 9.78 Å². The molecule has 1 aromatic heterocycles. The molecule has 1 aromatic carbocycles. The van der Waals surface area contributed by atoms with E-state index in [9.17, 15) is 0 Å². The molecule has 0 saturated carbocycles. The molecule has 2 aromatic rings. The zero-order valence-electron chi connectivity index (χ0n) is 9.16. The molecular formula is C11H13BrN4. The van der Waals surface area contributed by atoms with Gasteiger partial charge in [-0.15, -0.1) is 0 Å². The van der Waals surface area contributed by atoms with Crippen molar-refractivity contribution in [3.05, 3.63) is 34.1 Å². The van der Waals surface area contributed by atoms with Crippen molar-refractivity contribution in [2.45, 2.75) is 13.8 Å². The molecule has 0 radical (unpaired) electrons. The number of hydrogen-bond acceptors (Lipinski definition) is 3. The normalized spacial score (nSPS) is 10.7. The van der Waals surface area contributed by atoms with E-state index in [2.05, 4.69) is 21.0 Å². The molecule has 0 unspecified atom stereocenters. The molecule has 0 atom stereocenters. The molecule has 1 heterocycles. The second-order valence-electron chi connectivity index (χ2n) is 3.71. The van der Waals surface area contributed by atoms with E-state index in [1.54, 1.807) is 6.07 Å². The maximum atomic E-state index is 5.78. The second kappa shape index (κ2) is 3.83. The Hall–Kier alpha value is -1.49. The summed E-state index contributed by atoms with van der Waals surface area (Å²) in [5.74, 6) is 0. The van der Waals surface area contributed by atoms with Crippen molar-refractivity contribution in [3.8, 4) is 5.69 Å². The fraction of sp³-hybridized carbons (Fsp3) is 0.182. The van der Waals surface area contributed by atoms with Crippen LogP contribution in [0.2, 0.25) is 0 Å². The van der Waals surface area contributed by atoms with Gasteiger partial charge in [-0.25, -0.2) is 4.68 Å². The van der Waals surface area contributed by atoms with Crippen LogP contribution in [-0.4, -0.2) is 9.78 Å². The standard InChI is InChI=1S/C11H13BrN4/c1-6-11(12)7(2)16(15-6)8-3-4-9(13)10(14)5-8/h3-5H,13-14H2,1-2H3. The summed E-state index contributed by atoms with van der Waals surface area (Å²) in [7, 11) is 0. The molecule has 0 bridgehead atoms. The summed E-state index contributed by atoms with van der Waals surface area (Å²) in [4.78, 5) is 0. The maximum absolute atomic E-state index is 5.78. The predicted octanol–water partition coefficient (Wildman–Crippen LogP) is 2.42. The summed E-state index contributed by atoms with van der Waals surface area (Å²) < 4.78 is 2.86. The predicted molar refractivity (Wildman–Crippen MR) is 69.6 cm³/mol. The minimum Gasteiger partial charge on any atom is -0.397 e. The summed E-state index contributed by atoms with van der Waals surface area (Å²) in [6.45, 7) is 3.95. The first-order valence-corrected chi connectivity index (χ1v) is 5.67. The van der Waals surface area contributed by atoms with Gasteiger partial charge < -0.3 is 11.5 Å². The molecule has 0 spiro atoms. The quantitative estimate of drug-likeness (QED) is 0.789. The number of aromatic nitrogens is 2. The smallest absolute Gasteiger partial charge is 0.0743 e. The molecule has 5 heteroatoms. The van der Waals surface area contributed by atoms with Crippen LogP contribution in [-0.2, 0) is 0 Å². The van der Waals surface area contributed by atoms with E-state index in [0.29, 0.717) is 11.4 Å². The van der Waals surface area contributed by atoms with Gasteiger partial charge in [0.1, 0.15) is 0 Å². The van der Waals surface area contributed by atoms with Crippen LogP contribution in [0.4, 0.5) is 11.4 Å².